The maximum absolute atomic E-state index is 11.2. The van der Waals surface area contributed by atoms with E-state index >= 15 is 0 Å². The van der Waals surface area contributed by atoms with Crippen LogP contribution in [-0.2, 0) is 4.79 Å². The highest BCUT2D eigenvalue weighted by atomic mass is 16.1. The molecule has 0 aliphatic carbocycles. The Bertz CT molecular complexity index is 209. The summed E-state index contributed by atoms with van der Waals surface area (Å²) in [7, 11) is 0. The normalized spacial score (nSPS) is 14.7. The second-order valence-electron chi connectivity index (χ2n) is 4.17. The lowest BCUT2D eigenvalue weighted by molar-refractivity contribution is -0.118. The van der Waals surface area contributed by atoms with Gasteiger partial charge >= 0.3 is 0 Å². The van der Waals surface area contributed by atoms with Gasteiger partial charge in [0.1, 0.15) is 0 Å². The molecule has 0 aromatic rings. The zero-order chi connectivity index (χ0) is 11.9. The molecule has 2 unspecified atom stereocenters. The van der Waals surface area contributed by atoms with Crippen LogP contribution in [0.4, 0.5) is 0 Å². The second kappa shape index (κ2) is 6.65. The molecule has 0 fully saturated rings. The van der Waals surface area contributed by atoms with E-state index in [-0.39, 0.29) is 11.4 Å². The topological polar surface area (TPSA) is 29.1 Å². The molecule has 2 heteroatoms. The van der Waals surface area contributed by atoms with Gasteiger partial charge in [0.25, 0.3) is 0 Å². The fourth-order valence-corrected chi connectivity index (χ4v) is 1.57. The molecule has 0 heterocycles. The molecule has 0 rings (SSSR count). The van der Waals surface area contributed by atoms with E-state index in [4.69, 9.17) is 13.8 Å². The van der Waals surface area contributed by atoms with Gasteiger partial charge in [-0.05, 0) is 52.0 Å². The van der Waals surface area contributed by atoms with E-state index in [1.165, 1.54) is 6.08 Å². The first-order chi connectivity index (χ1) is 7.01. The molecule has 0 aromatic heterocycles. The van der Waals surface area contributed by atoms with E-state index in [1.54, 1.807) is 0 Å². The first kappa shape index (κ1) is 14.2. The first-order valence-corrected chi connectivity index (χ1v) is 5.36. The maximum Gasteiger partial charge on any atom is 0.243 e. The standard InChI is InChI=1S/C13H21NO/c1-6-11(7-2)10-13(5,9-4)14-12(15)8-3/h1,4,8,11H,3,6-7,9-10H2,2,5H3,(H,14,15). The predicted octanol–water partition coefficient (Wildman–Crippen LogP) is 2.67. The van der Waals surface area contributed by atoms with Crippen molar-refractivity contribution in [2.75, 3.05) is 0 Å². The molecule has 0 aliphatic heterocycles. The Balaban J connectivity index is 4.41. The molecule has 15 heavy (non-hydrogen) atoms. The summed E-state index contributed by atoms with van der Waals surface area (Å²) >= 11 is 0. The number of carbonyl (C=O) groups excluding carboxylic acids is 1. The molecule has 0 saturated heterocycles. The van der Waals surface area contributed by atoms with Crippen molar-refractivity contribution in [1.29, 1.82) is 0 Å². The van der Waals surface area contributed by atoms with Gasteiger partial charge in [-0.1, -0.05) is 19.9 Å². The smallest absolute Gasteiger partial charge is 0.243 e. The summed E-state index contributed by atoms with van der Waals surface area (Å²) in [6.07, 6.45) is 4.09. The van der Waals surface area contributed by atoms with Crippen LogP contribution in [0.15, 0.2) is 12.7 Å². The van der Waals surface area contributed by atoms with Crippen molar-refractivity contribution in [1.82, 2.24) is 5.32 Å². The SMILES string of the molecule is [CH]CC(CC)CC(C)(C[CH])NC(=O)C=C. The lowest BCUT2D eigenvalue weighted by Gasteiger charge is -2.32. The fourth-order valence-electron chi connectivity index (χ4n) is 1.57. The number of carbonyl (C=O) groups is 1. The summed E-state index contributed by atoms with van der Waals surface area (Å²) in [5, 5.41) is 2.85. The summed E-state index contributed by atoms with van der Waals surface area (Å²) in [6, 6.07) is 0. The van der Waals surface area contributed by atoms with Crippen LogP contribution in [0.25, 0.3) is 0 Å². The van der Waals surface area contributed by atoms with Crippen LogP contribution in [0.1, 0.15) is 39.5 Å². The lowest BCUT2D eigenvalue weighted by Crippen LogP contribution is -2.46. The van der Waals surface area contributed by atoms with Crippen molar-refractivity contribution in [3.8, 4) is 0 Å². The number of nitrogens with one attached hydrogen (secondary N) is 1. The monoisotopic (exact) mass is 207 g/mol. The van der Waals surface area contributed by atoms with Crippen LogP contribution < -0.4 is 5.32 Å². The minimum Gasteiger partial charge on any atom is -0.347 e. The third-order valence-electron chi connectivity index (χ3n) is 2.71. The number of hydrogen-bond acceptors (Lipinski definition) is 1. The average molecular weight is 207 g/mol. The Morgan fingerprint density at radius 1 is 1.60 bits per heavy atom. The summed E-state index contributed by atoms with van der Waals surface area (Å²) in [4.78, 5) is 11.2. The van der Waals surface area contributed by atoms with Crippen molar-refractivity contribution in [2.24, 2.45) is 5.92 Å². The fraction of sp³-hybridized carbons (Fsp3) is 0.615. The van der Waals surface area contributed by atoms with E-state index in [1.807, 2.05) is 6.92 Å². The molecule has 2 atom stereocenters. The Morgan fingerprint density at radius 2 is 2.20 bits per heavy atom. The quantitative estimate of drug-likeness (QED) is 0.639. The van der Waals surface area contributed by atoms with Gasteiger partial charge < -0.3 is 5.32 Å². The van der Waals surface area contributed by atoms with E-state index < -0.39 is 0 Å². The van der Waals surface area contributed by atoms with E-state index in [0.29, 0.717) is 18.8 Å². The summed E-state index contributed by atoms with van der Waals surface area (Å²) < 4.78 is 0. The molecule has 1 amide bonds. The largest absolute Gasteiger partial charge is 0.347 e. The van der Waals surface area contributed by atoms with Gasteiger partial charge in [-0.2, -0.15) is 0 Å². The van der Waals surface area contributed by atoms with Crippen molar-refractivity contribution < 1.29 is 4.79 Å². The number of rotatable bonds is 7. The van der Waals surface area contributed by atoms with Crippen molar-refractivity contribution in [3.63, 3.8) is 0 Å². The van der Waals surface area contributed by atoms with E-state index in [9.17, 15) is 4.79 Å². The zero-order valence-corrected chi connectivity index (χ0v) is 9.75. The molecule has 0 bridgehead atoms. The van der Waals surface area contributed by atoms with E-state index in [2.05, 4.69) is 18.8 Å². The van der Waals surface area contributed by atoms with E-state index in [0.717, 1.165) is 12.8 Å². The van der Waals surface area contributed by atoms with Crippen LogP contribution in [-0.4, -0.2) is 11.4 Å². The average Bonchev–Trinajstić information content (AvgIpc) is 2.25. The molecule has 0 saturated carbocycles. The molecule has 0 aromatic carbocycles. The van der Waals surface area contributed by atoms with Crippen LogP contribution in [0, 0.1) is 19.8 Å². The molecular weight excluding hydrogens is 186 g/mol. The van der Waals surface area contributed by atoms with Gasteiger partial charge in [-0.25, -0.2) is 0 Å². The second-order valence-corrected chi connectivity index (χ2v) is 4.17. The third kappa shape index (κ3) is 5.01. The van der Waals surface area contributed by atoms with Crippen molar-refractivity contribution in [2.45, 2.75) is 45.1 Å². The summed E-state index contributed by atoms with van der Waals surface area (Å²) in [5.41, 5.74) is -0.384. The van der Waals surface area contributed by atoms with Crippen molar-refractivity contribution in [3.05, 3.63) is 26.5 Å². The van der Waals surface area contributed by atoms with Gasteiger partial charge in [-0.15, -0.1) is 0 Å². The number of amides is 1. The van der Waals surface area contributed by atoms with Gasteiger partial charge in [0.15, 0.2) is 0 Å². The molecule has 4 radical (unpaired) electrons. The highest BCUT2D eigenvalue weighted by Gasteiger charge is 2.26. The Hall–Kier alpha value is -0.790. The predicted molar refractivity (Wildman–Crippen MR) is 63.0 cm³/mol. The molecule has 84 valence electrons. The molecule has 0 aliphatic rings. The Labute approximate surface area is 94.1 Å². The lowest BCUT2D eigenvalue weighted by atomic mass is 9.84. The van der Waals surface area contributed by atoms with Crippen LogP contribution in [0.2, 0.25) is 0 Å². The minimum atomic E-state index is -0.384. The Kier molecular flexibility index (Phi) is 6.30. The van der Waals surface area contributed by atoms with Gasteiger partial charge in [-0.3, -0.25) is 4.79 Å². The summed E-state index contributed by atoms with van der Waals surface area (Å²) in [5.74, 6) is 0.207. The Morgan fingerprint density at radius 3 is 2.53 bits per heavy atom. The van der Waals surface area contributed by atoms with Gasteiger partial charge in [0.2, 0.25) is 5.91 Å². The third-order valence-corrected chi connectivity index (χ3v) is 2.71. The maximum atomic E-state index is 11.2. The molecule has 0 spiro atoms. The molecular formula is C13H21NO. The number of hydrogen-bond donors (Lipinski definition) is 1. The summed E-state index contributed by atoms with van der Waals surface area (Å²) in [6.45, 7) is 18.8. The van der Waals surface area contributed by atoms with Crippen LogP contribution in [0.3, 0.4) is 0 Å². The van der Waals surface area contributed by atoms with Gasteiger partial charge in [0, 0.05) is 5.54 Å². The zero-order valence-electron chi connectivity index (χ0n) is 9.75. The van der Waals surface area contributed by atoms with Crippen LogP contribution >= 0.6 is 0 Å². The van der Waals surface area contributed by atoms with Gasteiger partial charge in [0.05, 0.1) is 0 Å². The van der Waals surface area contributed by atoms with Crippen molar-refractivity contribution >= 4 is 5.91 Å². The first-order valence-electron chi connectivity index (χ1n) is 5.36. The van der Waals surface area contributed by atoms with Crippen LogP contribution in [0.5, 0.6) is 0 Å². The minimum absolute atomic E-state index is 0.185. The highest BCUT2D eigenvalue weighted by molar-refractivity contribution is 5.87. The molecule has 1 N–H and O–H groups in total. The highest BCUT2D eigenvalue weighted by Crippen LogP contribution is 2.24. The molecule has 2 nitrogen and oxygen atoms in total.